The molecule has 2 aliphatic carbocycles. The Kier molecular flexibility index (Phi) is 3.13. The zero-order valence-electron chi connectivity index (χ0n) is 15.3. The number of benzene rings is 1. The molecule has 5 nitrogen and oxygen atoms in total. The van der Waals surface area contributed by atoms with Gasteiger partial charge >= 0.3 is 0 Å². The van der Waals surface area contributed by atoms with Gasteiger partial charge in [0.15, 0.2) is 17.6 Å². The Hall–Kier alpha value is -1.56. The van der Waals surface area contributed by atoms with Crippen LogP contribution in [0.15, 0.2) is 23.8 Å². The second-order valence-electron chi connectivity index (χ2n) is 7.62. The molecule has 25 heavy (non-hydrogen) atoms. The van der Waals surface area contributed by atoms with Gasteiger partial charge in [0.1, 0.15) is 0 Å². The zero-order chi connectivity index (χ0) is 17.4. The second kappa shape index (κ2) is 5.00. The van der Waals surface area contributed by atoms with Gasteiger partial charge in [-0.1, -0.05) is 17.7 Å². The number of hydrogen-bond acceptors (Lipinski definition) is 5. The van der Waals surface area contributed by atoms with E-state index in [0.717, 1.165) is 37.3 Å². The molecule has 134 valence electrons. The van der Waals surface area contributed by atoms with E-state index in [2.05, 4.69) is 24.1 Å². The number of ether oxygens (including phenoxy) is 4. The van der Waals surface area contributed by atoms with Crippen molar-refractivity contribution >= 4 is 0 Å². The molecule has 6 rings (SSSR count). The zero-order valence-corrected chi connectivity index (χ0v) is 15.3. The number of nitrogens with zero attached hydrogens (tertiary/aromatic N) is 1. The van der Waals surface area contributed by atoms with E-state index in [-0.39, 0.29) is 11.5 Å². The van der Waals surface area contributed by atoms with E-state index in [1.807, 2.05) is 6.07 Å². The van der Waals surface area contributed by atoms with Crippen molar-refractivity contribution in [1.29, 1.82) is 0 Å². The van der Waals surface area contributed by atoms with Crippen molar-refractivity contribution < 1.29 is 18.9 Å². The van der Waals surface area contributed by atoms with E-state index in [9.17, 15) is 0 Å². The lowest BCUT2D eigenvalue weighted by Gasteiger charge is -2.50. The molecule has 5 aliphatic rings. The summed E-state index contributed by atoms with van der Waals surface area (Å²) in [4.78, 5) is 2.44. The first kappa shape index (κ1) is 15.7. The fourth-order valence-electron chi connectivity index (χ4n) is 5.66. The van der Waals surface area contributed by atoms with Crippen LogP contribution in [0.2, 0.25) is 0 Å². The van der Waals surface area contributed by atoms with Gasteiger partial charge in [0.2, 0.25) is 5.79 Å². The van der Waals surface area contributed by atoms with Crippen LogP contribution >= 0.6 is 0 Å². The van der Waals surface area contributed by atoms with Gasteiger partial charge in [-0.2, -0.15) is 0 Å². The van der Waals surface area contributed by atoms with E-state index in [1.54, 1.807) is 21.3 Å². The lowest BCUT2D eigenvalue weighted by atomic mass is 9.58. The maximum Gasteiger partial charge on any atom is 0.206 e. The van der Waals surface area contributed by atoms with Gasteiger partial charge in [-0.05, 0) is 31.5 Å². The molecular formula is C20H25NO4. The van der Waals surface area contributed by atoms with Crippen LogP contribution in [0.4, 0.5) is 0 Å². The molecule has 0 saturated heterocycles. The first-order valence-electron chi connectivity index (χ1n) is 9.01. The molecule has 0 amide bonds. The first-order chi connectivity index (χ1) is 12.1. The van der Waals surface area contributed by atoms with Crippen LogP contribution in [0.5, 0.6) is 11.5 Å². The monoisotopic (exact) mass is 343 g/mol. The van der Waals surface area contributed by atoms with Crippen molar-refractivity contribution in [1.82, 2.24) is 4.90 Å². The van der Waals surface area contributed by atoms with Gasteiger partial charge in [-0.25, -0.2) is 0 Å². The number of fused-ring (bicyclic) bond motifs is 2. The number of rotatable bonds is 3. The van der Waals surface area contributed by atoms with Gasteiger partial charge in [0.05, 0.1) is 18.6 Å². The third-order valence-corrected chi connectivity index (χ3v) is 6.92. The Morgan fingerprint density at radius 2 is 1.96 bits per heavy atom. The lowest BCUT2D eigenvalue weighted by Crippen LogP contribution is -2.61. The van der Waals surface area contributed by atoms with E-state index >= 15 is 0 Å². The lowest BCUT2D eigenvalue weighted by molar-refractivity contribution is -0.270. The summed E-state index contributed by atoms with van der Waals surface area (Å²) < 4.78 is 24.1. The quantitative estimate of drug-likeness (QED) is 0.623. The Labute approximate surface area is 148 Å². The van der Waals surface area contributed by atoms with Crippen molar-refractivity contribution in [3.8, 4) is 11.5 Å². The van der Waals surface area contributed by atoms with Crippen molar-refractivity contribution in [3.63, 3.8) is 0 Å². The van der Waals surface area contributed by atoms with E-state index in [4.69, 9.17) is 18.9 Å². The molecule has 3 atom stereocenters. The van der Waals surface area contributed by atoms with Gasteiger partial charge < -0.3 is 18.9 Å². The van der Waals surface area contributed by atoms with Crippen LogP contribution < -0.4 is 9.47 Å². The maximum absolute atomic E-state index is 6.60. The molecule has 0 unspecified atom stereocenters. The molecule has 3 aliphatic heterocycles. The van der Waals surface area contributed by atoms with Gasteiger partial charge in [-0.3, -0.25) is 4.90 Å². The first-order valence-corrected chi connectivity index (χ1v) is 9.01. The Morgan fingerprint density at radius 1 is 1.16 bits per heavy atom. The van der Waals surface area contributed by atoms with E-state index in [1.165, 1.54) is 16.7 Å². The molecule has 0 radical (unpaired) electrons. The minimum Gasteiger partial charge on any atom is -0.493 e. The minimum absolute atomic E-state index is 0.176. The highest BCUT2D eigenvalue weighted by Crippen LogP contribution is 2.65. The van der Waals surface area contributed by atoms with Crippen molar-refractivity contribution in [2.45, 2.75) is 42.6 Å². The smallest absolute Gasteiger partial charge is 0.206 e. The Balaban J connectivity index is 1.83. The minimum atomic E-state index is -0.728. The fourth-order valence-corrected chi connectivity index (χ4v) is 5.66. The molecule has 0 N–H and O–H groups in total. The van der Waals surface area contributed by atoms with Crippen LogP contribution in [0.3, 0.4) is 0 Å². The van der Waals surface area contributed by atoms with Gasteiger partial charge in [0.25, 0.3) is 0 Å². The summed E-state index contributed by atoms with van der Waals surface area (Å²) in [7, 11) is 7.38. The summed E-state index contributed by atoms with van der Waals surface area (Å²) in [6.45, 7) is 1.02. The largest absolute Gasteiger partial charge is 0.493 e. The van der Waals surface area contributed by atoms with Crippen LogP contribution in [0.25, 0.3) is 0 Å². The maximum atomic E-state index is 6.60. The van der Waals surface area contributed by atoms with E-state index in [0.29, 0.717) is 6.04 Å². The molecule has 1 aromatic carbocycles. The van der Waals surface area contributed by atoms with Crippen LogP contribution in [0.1, 0.15) is 36.4 Å². The van der Waals surface area contributed by atoms with Crippen molar-refractivity contribution in [3.05, 3.63) is 34.9 Å². The summed E-state index contributed by atoms with van der Waals surface area (Å²) in [5.74, 6) is 0.962. The van der Waals surface area contributed by atoms with Crippen molar-refractivity contribution in [2.24, 2.45) is 0 Å². The average Bonchev–Trinajstić information content (AvgIpc) is 2.88. The predicted molar refractivity (Wildman–Crippen MR) is 93.1 cm³/mol. The van der Waals surface area contributed by atoms with Crippen LogP contribution in [0, 0.1) is 0 Å². The molecule has 1 aromatic rings. The highest BCUT2D eigenvalue weighted by molar-refractivity contribution is 5.66. The third-order valence-electron chi connectivity index (χ3n) is 6.92. The summed E-state index contributed by atoms with van der Waals surface area (Å²) in [5.41, 5.74) is 3.95. The Bertz CT molecular complexity index is 769. The topological polar surface area (TPSA) is 40.2 Å². The van der Waals surface area contributed by atoms with Gasteiger partial charge in [0, 0.05) is 32.7 Å². The Morgan fingerprint density at radius 3 is 2.68 bits per heavy atom. The van der Waals surface area contributed by atoms with Crippen molar-refractivity contribution in [2.75, 3.05) is 34.9 Å². The second-order valence-corrected chi connectivity index (χ2v) is 7.62. The highest BCUT2D eigenvalue weighted by atomic mass is 16.7. The molecular weight excluding hydrogens is 318 g/mol. The molecule has 5 heteroatoms. The number of hydrogen-bond donors (Lipinski definition) is 0. The normalized spacial score (nSPS) is 34.2. The average molecular weight is 343 g/mol. The van der Waals surface area contributed by atoms with Crippen LogP contribution in [-0.4, -0.2) is 51.7 Å². The fraction of sp³-hybridized carbons (Fsp3) is 0.600. The molecule has 1 fully saturated rings. The molecule has 2 bridgehead atoms. The predicted octanol–water partition coefficient (Wildman–Crippen LogP) is 2.79. The summed E-state index contributed by atoms with van der Waals surface area (Å²) in [5, 5.41) is 0. The molecule has 1 spiro atoms. The van der Waals surface area contributed by atoms with Gasteiger partial charge in [-0.15, -0.1) is 0 Å². The summed E-state index contributed by atoms with van der Waals surface area (Å²) >= 11 is 0. The number of methoxy groups -OCH3 is 3. The van der Waals surface area contributed by atoms with Crippen LogP contribution in [-0.2, 0) is 14.9 Å². The third kappa shape index (κ3) is 1.65. The molecule has 3 heterocycles. The molecule has 1 saturated carbocycles. The highest BCUT2D eigenvalue weighted by Gasteiger charge is 2.66. The summed E-state index contributed by atoms with van der Waals surface area (Å²) in [6.07, 6.45) is 5.07. The SMILES string of the molecule is COc1ccc2c3c1O[C@H]1C(OC)(OC)CCC4=C[C@@H]2N(C)CC[C@]431. The summed E-state index contributed by atoms with van der Waals surface area (Å²) in [6, 6.07) is 4.55. The molecule has 0 aromatic heterocycles. The number of likely N-dealkylation sites (N-methyl/N-ethyl adjacent to an activating group) is 1. The standard InChI is InChI=1S/C20H25NO4/c1-21-10-9-19-12-7-8-20(23-3,24-4)18(19)25-17-15(22-2)6-5-13(16(17)19)14(21)11-12/h5-6,11,14,18H,7-10H2,1-4H3/t14-,18+,19-/m0/s1. The van der Waals surface area contributed by atoms with E-state index < -0.39 is 5.79 Å².